The summed E-state index contributed by atoms with van der Waals surface area (Å²) in [5, 5.41) is 23.0. The molecule has 1 aliphatic heterocycles. The third-order valence-corrected chi connectivity index (χ3v) is 6.58. The molecular weight excluding hydrogens is 502 g/mol. The van der Waals surface area contributed by atoms with E-state index in [1.54, 1.807) is 12.1 Å². The molecule has 0 saturated heterocycles. The Hall–Kier alpha value is -3.32. The Bertz CT molecular complexity index is 1400. The Morgan fingerprint density at radius 3 is 2.68 bits per heavy atom. The summed E-state index contributed by atoms with van der Waals surface area (Å²) in [5.74, 6) is 0.410. The number of likely N-dealkylation sites (N-methyl/N-ethyl adjacent to an activating group) is 1. The normalized spacial score (nSPS) is 14.1. The second kappa shape index (κ2) is 11.0. The summed E-state index contributed by atoms with van der Waals surface area (Å²) in [6.45, 7) is 3.78. The number of aromatic amines is 1. The number of methoxy groups -OCH3 is 1. The second-order valence-electron chi connectivity index (χ2n) is 8.79. The van der Waals surface area contributed by atoms with E-state index in [4.69, 9.17) is 18.8 Å². The summed E-state index contributed by atoms with van der Waals surface area (Å²) >= 11 is 0. The fourth-order valence-corrected chi connectivity index (χ4v) is 4.88. The van der Waals surface area contributed by atoms with E-state index in [1.165, 1.54) is 7.11 Å². The Balaban J connectivity index is 1.62. The molecule has 0 fully saturated rings. The maximum Gasteiger partial charge on any atom is 0.306 e. The van der Waals surface area contributed by atoms with Crippen molar-refractivity contribution in [1.29, 1.82) is 0 Å². The first-order chi connectivity index (χ1) is 17.6. The van der Waals surface area contributed by atoms with Crippen molar-refractivity contribution in [3.63, 3.8) is 0 Å². The zero-order valence-electron chi connectivity index (χ0n) is 20.9. The van der Waals surface area contributed by atoms with Gasteiger partial charge < -0.3 is 34.2 Å². The monoisotopic (exact) mass is 533 g/mol. The van der Waals surface area contributed by atoms with Crippen LogP contribution in [0.15, 0.2) is 30.3 Å². The van der Waals surface area contributed by atoms with Crippen LogP contribution in [0.2, 0.25) is 0 Å². The molecule has 2 aromatic carbocycles. The Kier molecular flexibility index (Phi) is 7.93. The lowest BCUT2D eigenvalue weighted by Gasteiger charge is -2.22. The molecule has 1 aliphatic rings. The lowest BCUT2D eigenvalue weighted by atomic mass is 9.98. The Morgan fingerprint density at radius 1 is 1.22 bits per heavy atom. The van der Waals surface area contributed by atoms with E-state index in [0.717, 1.165) is 17.2 Å². The number of nitrogens with one attached hydrogen (secondary N) is 2. The van der Waals surface area contributed by atoms with Crippen LogP contribution in [0.3, 0.4) is 0 Å². The van der Waals surface area contributed by atoms with Crippen LogP contribution in [0.25, 0.3) is 22.2 Å². The molecule has 1 unspecified atom stereocenters. The number of hydrogen-bond donors (Lipinski definition) is 4. The zero-order valence-corrected chi connectivity index (χ0v) is 21.7. The first kappa shape index (κ1) is 26.7. The molecule has 4 rings (SSSR count). The van der Waals surface area contributed by atoms with E-state index in [-0.39, 0.29) is 37.2 Å². The minimum Gasteiger partial charge on any atom is -0.493 e. The van der Waals surface area contributed by atoms with Crippen molar-refractivity contribution in [1.82, 2.24) is 15.2 Å². The predicted molar refractivity (Wildman–Crippen MR) is 138 cm³/mol. The lowest BCUT2D eigenvalue weighted by molar-refractivity contribution is 0.0638. The summed E-state index contributed by atoms with van der Waals surface area (Å²) < 4.78 is 40.0. The minimum atomic E-state index is -3.85. The topological polar surface area (TPSA) is 150 Å². The van der Waals surface area contributed by atoms with Crippen LogP contribution in [0, 0.1) is 0 Å². The SMILES string of the molecule is CCN(CCO)CC(O)COc1ccc2[nH]c(-c3cc(OC)c(OS(C)(=O)=O)c4c3C(=O)NC4)cc2c1. The Labute approximate surface area is 215 Å². The van der Waals surface area contributed by atoms with Gasteiger partial charge in [0.05, 0.1) is 25.5 Å². The van der Waals surface area contributed by atoms with Gasteiger partial charge in [0.1, 0.15) is 18.5 Å². The molecule has 200 valence electrons. The molecule has 0 bridgehead atoms. The van der Waals surface area contributed by atoms with E-state index in [1.807, 2.05) is 30.0 Å². The van der Waals surface area contributed by atoms with E-state index in [9.17, 15) is 18.3 Å². The van der Waals surface area contributed by atoms with Gasteiger partial charge in [-0.05, 0) is 36.9 Å². The molecule has 1 atom stereocenters. The maximum absolute atomic E-state index is 12.7. The van der Waals surface area contributed by atoms with Crippen molar-refractivity contribution in [3.05, 3.63) is 41.5 Å². The van der Waals surface area contributed by atoms with Crippen LogP contribution in [-0.2, 0) is 16.7 Å². The van der Waals surface area contributed by atoms with Gasteiger partial charge in [0.25, 0.3) is 5.91 Å². The number of fused-ring (bicyclic) bond motifs is 2. The van der Waals surface area contributed by atoms with E-state index in [0.29, 0.717) is 47.8 Å². The largest absolute Gasteiger partial charge is 0.493 e. The molecule has 2 heterocycles. The van der Waals surface area contributed by atoms with Gasteiger partial charge in [0.2, 0.25) is 0 Å². The maximum atomic E-state index is 12.7. The summed E-state index contributed by atoms with van der Waals surface area (Å²) in [7, 11) is -2.45. The number of carbonyl (C=O) groups excluding carboxylic acids is 1. The standard InChI is InChI=1S/C25H31N3O8S/c1-4-28(7-8-29)13-16(30)14-35-17-5-6-20-15(9-17)10-21(27-20)18-11-22(34-2)24(36-37(3,32)33)19-12-26-25(31)23(18)19/h5-6,9-11,16,27,29-30H,4,7-8,12-14H2,1-3H3,(H,26,31). The summed E-state index contributed by atoms with van der Waals surface area (Å²) in [6, 6.07) is 8.88. The molecule has 0 saturated carbocycles. The van der Waals surface area contributed by atoms with Crippen molar-refractivity contribution in [2.45, 2.75) is 19.6 Å². The number of benzene rings is 2. The highest BCUT2D eigenvalue weighted by Crippen LogP contribution is 2.43. The number of carbonyl (C=O) groups is 1. The van der Waals surface area contributed by atoms with Gasteiger partial charge in [0.15, 0.2) is 11.5 Å². The quantitative estimate of drug-likeness (QED) is 0.254. The van der Waals surface area contributed by atoms with Crippen molar-refractivity contribution in [2.24, 2.45) is 0 Å². The first-order valence-electron chi connectivity index (χ1n) is 11.8. The van der Waals surface area contributed by atoms with Crippen molar-refractivity contribution in [2.75, 3.05) is 46.2 Å². The fourth-order valence-electron chi connectivity index (χ4n) is 4.39. The molecule has 37 heavy (non-hydrogen) atoms. The van der Waals surface area contributed by atoms with Gasteiger partial charge in [-0.25, -0.2) is 0 Å². The third-order valence-electron chi connectivity index (χ3n) is 6.11. The number of nitrogens with zero attached hydrogens (tertiary/aromatic N) is 1. The predicted octanol–water partition coefficient (Wildman–Crippen LogP) is 1.48. The highest BCUT2D eigenvalue weighted by Gasteiger charge is 2.32. The summed E-state index contributed by atoms with van der Waals surface area (Å²) in [5.41, 5.74) is 2.69. The molecule has 11 nitrogen and oxygen atoms in total. The molecule has 3 aromatic rings. The smallest absolute Gasteiger partial charge is 0.306 e. The number of aromatic nitrogens is 1. The first-order valence-corrected chi connectivity index (χ1v) is 13.6. The highest BCUT2D eigenvalue weighted by atomic mass is 32.2. The van der Waals surface area contributed by atoms with Crippen molar-refractivity contribution in [3.8, 4) is 28.5 Å². The lowest BCUT2D eigenvalue weighted by Crippen LogP contribution is -2.37. The Morgan fingerprint density at radius 2 is 2.00 bits per heavy atom. The second-order valence-corrected chi connectivity index (χ2v) is 10.4. The van der Waals surface area contributed by atoms with Gasteiger partial charge in [-0.15, -0.1) is 0 Å². The molecule has 12 heteroatoms. The van der Waals surface area contributed by atoms with Gasteiger partial charge in [-0.1, -0.05) is 6.92 Å². The summed E-state index contributed by atoms with van der Waals surface area (Å²) in [6.07, 6.45) is 0.215. The third kappa shape index (κ3) is 5.99. The van der Waals surface area contributed by atoms with E-state index in [2.05, 4.69) is 10.3 Å². The molecule has 0 spiro atoms. The zero-order chi connectivity index (χ0) is 26.7. The number of ether oxygens (including phenoxy) is 2. The van der Waals surface area contributed by atoms with Gasteiger partial charge >= 0.3 is 10.1 Å². The van der Waals surface area contributed by atoms with Crippen LogP contribution in [0.4, 0.5) is 0 Å². The van der Waals surface area contributed by atoms with Gasteiger partial charge in [0, 0.05) is 47.4 Å². The number of aliphatic hydroxyl groups excluding tert-OH is 2. The van der Waals surface area contributed by atoms with Crippen molar-refractivity contribution < 1.29 is 37.1 Å². The number of aliphatic hydroxyl groups is 2. The van der Waals surface area contributed by atoms with E-state index >= 15 is 0 Å². The summed E-state index contributed by atoms with van der Waals surface area (Å²) in [4.78, 5) is 17.9. The van der Waals surface area contributed by atoms with Gasteiger partial charge in [-0.2, -0.15) is 8.42 Å². The van der Waals surface area contributed by atoms with Crippen molar-refractivity contribution >= 4 is 26.9 Å². The van der Waals surface area contributed by atoms with Gasteiger partial charge in [-0.3, -0.25) is 9.69 Å². The molecule has 0 radical (unpaired) electrons. The number of hydrogen-bond acceptors (Lipinski definition) is 9. The average Bonchev–Trinajstić information content (AvgIpc) is 3.45. The minimum absolute atomic E-state index is 0.00641. The molecule has 4 N–H and O–H groups in total. The average molecular weight is 534 g/mol. The number of rotatable bonds is 12. The molecule has 0 aliphatic carbocycles. The van der Waals surface area contributed by atoms with Crippen LogP contribution in [-0.4, -0.2) is 86.7 Å². The van der Waals surface area contributed by atoms with E-state index < -0.39 is 16.2 Å². The molecular formula is C25H31N3O8S. The highest BCUT2D eigenvalue weighted by molar-refractivity contribution is 7.86. The fraction of sp³-hybridized carbons (Fsp3) is 0.400. The number of amides is 1. The number of H-pyrrole nitrogens is 1. The van der Waals surface area contributed by atoms with Crippen LogP contribution in [0.1, 0.15) is 22.8 Å². The van der Waals surface area contributed by atoms with Crippen LogP contribution in [0.5, 0.6) is 17.2 Å². The molecule has 1 amide bonds. The van der Waals surface area contributed by atoms with Crippen LogP contribution >= 0.6 is 0 Å². The van der Waals surface area contributed by atoms with Crippen LogP contribution < -0.4 is 19.0 Å². The molecule has 1 aromatic heterocycles.